The first-order chi connectivity index (χ1) is 27.0. The molecular formula is C42H51ClN2O11S. The molecule has 15 heteroatoms. The lowest BCUT2D eigenvalue weighted by Crippen LogP contribution is -2.48. The van der Waals surface area contributed by atoms with Crippen molar-refractivity contribution in [3.63, 3.8) is 0 Å². The lowest BCUT2D eigenvalue weighted by molar-refractivity contribution is -0.151. The van der Waals surface area contributed by atoms with Gasteiger partial charge in [-0.15, -0.1) is 0 Å². The van der Waals surface area contributed by atoms with E-state index in [0.29, 0.717) is 0 Å². The van der Waals surface area contributed by atoms with Gasteiger partial charge < -0.3 is 24.8 Å². The van der Waals surface area contributed by atoms with Gasteiger partial charge in [-0.25, -0.2) is 8.42 Å². The number of halogens is 1. The molecule has 57 heavy (non-hydrogen) atoms. The fourth-order valence-corrected chi connectivity index (χ4v) is 6.58. The van der Waals surface area contributed by atoms with Crippen LogP contribution in [0.2, 0.25) is 0 Å². The molecule has 0 heterocycles. The monoisotopic (exact) mass is 826 g/mol. The van der Waals surface area contributed by atoms with Crippen molar-refractivity contribution in [3.05, 3.63) is 94.4 Å². The van der Waals surface area contributed by atoms with Crippen LogP contribution < -0.4 is 10.6 Å². The standard InChI is InChI=1S/C42H51ClN2O11S/c1-6-54-38(47)21-31(22-39(48)56-26-28-14-9-8-10-15-28)41(50)45-35(20-30-18-13-17-29-16-11-12-19-33(29)30)36(46)25-34(27(3)4)42(51)44-32(24-40(49)55-7-2)23-37(43)57(5,52)53/h8-19,23,27,31-32,34-35H,6-7,20-22,24-26H2,1-5H3,(H,44,51)(H,45,50)/b37-23+/t31-,32-,34+,35+/m1/s1. The van der Waals surface area contributed by atoms with Gasteiger partial charge >= 0.3 is 17.9 Å². The van der Waals surface area contributed by atoms with Gasteiger partial charge in [0, 0.05) is 25.0 Å². The summed E-state index contributed by atoms with van der Waals surface area (Å²) in [4.78, 5) is 80.2. The zero-order chi connectivity index (χ0) is 42.1. The quantitative estimate of drug-likeness (QED) is 0.0980. The number of hydrogen-bond donors (Lipinski definition) is 2. The molecule has 4 atom stereocenters. The lowest BCUT2D eigenvalue weighted by atomic mass is 9.86. The third-order valence-electron chi connectivity index (χ3n) is 9.02. The molecule has 0 spiro atoms. The number of nitrogens with one attached hydrogen (secondary N) is 2. The van der Waals surface area contributed by atoms with E-state index in [1.165, 1.54) is 0 Å². The molecule has 0 bridgehead atoms. The number of benzene rings is 3. The molecule has 0 aliphatic carbocycles. The van der Waals surface area contributed by atoms with Gasteiger partial charge in [-0.3, -0.25) is 28.8 Å². The molecule has 13 nitrogen and oxygen atoms in total. The molecular weight excluding hydrogens is 776 g/mol. The number of amides is 2. The van der Waals surface area contributed by atoms with Crippen LogP contribution >= 0.6 is 11.6 Å². The van der Waals surface area contributed by atoms with E-state index in [2.05, 4.69) is 10.6 Å². The first-order valence-electron chi connectivity index (χ1n) is 18.7. The number of ketones is 1. The molecule has 0 unspecified atom stereocenters. The maximum atomic E-state index is 14.4. The Labute approximate surface area is 338 Å². The summed E-state index contributed by atoms with van der Waals surface area (Å²) >= 11 is 6.00. The van der Waals surface area contributed by atoms with E-state index in [1.807, 2.05) is 48.5 Å². The van der Waals surface area contributed by atoms with E-state index < -0.39 is 98.8 Å². The second kappa shape index (κ2) is 22.6. The van der Waals surface area contributed by atoms with Crippen LogP contribution in [0.5, 0.6) is 0 Å². The summed E-state index contributed by atoms with van der Waals surface area (Å²) in [5, 5.41) is 7.13. The highest BCUT2D eigenvalue weighted by Gasteiger charge is 2.34. The summed E-state index contributed by atoms with van der Waals surface area (Å²) < 4.78 is 39.1. The predicted molar refractivity (Wildman–Crippen MR) is 215 cm³/mol. The number of carbonyl (C=O) groups is 6. The van der Waals surface area contributed by atoms with Crippen LogP contribution in [0.15, 0.2) is 83.2 Å². The number of fused-ring (bicyclic) bond motifs is 1. The first-order valence-corrected chi connectivity index (χ1v) is 21.0. The summed E-state index contributed by atoms with van der Waals surface area (Å²) in [5.74, 6) is -6.85. The van der Waals surface area contributed by atoms with E-state index in [0.717, 1.165) is 34.2 Å². The van der Waals surface area contributed by atoms with Crippen LogP contribution in [0.25, 0.3) is 10.8 Å². The van der Waals surface area contributed by atoms with Crippen molar-refractivity contribution in [3.8, 4) is 0 Å². The number of esters is 3. The van der Waals surface area contributed by atoms with Gasteiger partial charge in [0.15, 0.2) is 15.6 Å². The van der Waals surface area contributed by atoms with Gasteiger partial charge in [0.25, 0.3) is 0 Å². The smallest absolute Gasteiger partial charge is 0.308 e. The van der Waals surface area contributed by atoms with Crippen LogP contribution in [0.3, 0.4) is 0 Å². The Kier molecular flexibility index (Phi) is 18.4. The van der Waals surface area contributed by atoms with Crippen LogP contribution in [0.1, 0.15) is 64.5 Å². The summed E-state index contributed by atoms with van der Waals surface area (Å²) in [5.41, 5.74) is 1.44. The van der Waals surface area contributed by atoms with Crippen molar-refractivity contribution in [1.29, 1.82) is 0 Å². The number of Topliss-reactive ketones (excluding diaryl/α,β-unsaturated/α-hetero) is 1. The van der Waals surface area contributed by atoms with Gasteiger partial charge in [-0.05, 0) is 47.7 Å². The average molecular weight is 827 g/mol. The van der Waals surface area contributed by atoms with Gasteiger partial charge in [0.1, 0.15) is 11.0 Å². The highest BCUT2D eigenvalue weighted by atomic mass is 35.5. The largest absolute Gasteiger partial charge is 0.466 e. The average Bonchev–Trinajstić information content (AvgIpc) is 3.15. The van der Waals surface area contributed by atoms with Gasteiger partial charge in [0.2, 0.25) is 11.8 Å². The molecule has 0 saturated heterocycles. The number of ether oxygens (including phenoxy) is 3. The molecule has 0 aliphatic heterocycles. The Morgan fingerprint density at radius 1 is 0.719 bits per heavy atom. The van der Waals surface area contributed by atoms with E-state index in [1.54, 1.807) is 52.0 Å². The van der Waals surface area contributed by atoms with Gasteiger partial charge in [-0.2, -0.15) is 0 Å². The number of sulfone groups is 1. The zero-order valence-electron chi connectivity index (χ0n) is 32.8. The Bertz CT molecular complexity index is 2010. The second-order valence-electron chi connectivity index (χ2n) is 13.8. The van der Waals surface area contributed by atoms with E-state index in [9.17, 15) is 37.2 Å². The van der Waals surface area contributed by atoms with Crippen molar-refractivity contribution in [1.82, 2.24) is 10.6 Å². The minimum atomic E-state index is -3.88. The second-order valence-corrected chi connectivity index (χ2v) is 16.5. The van der Waals surface area contributed by atoms with Crippen molar-refractivity contribution in [2.24, 2.45) is 17.8 Å². The summed E-state index contributed by atoms with van der Waals surface area (Å²) in [7, 11) is -3.88. The fraction of sp³-hybridized carbons (Fsp3) is 0.429. The molecule has 3 aromatic carbocycles. The number of hydrogen-bond acceptors (Lipinski definition) is 11. The molecule has 3 aromatic rings. The number of rotatable bonds is 22. The maximum Gasteiger partial charge on any atom is 0.308 e. The van der Waals surface area contributed by atoms with Crippen molar-refractivity contribution < 1.29 is 51.4 Å². The lowest BCUT2D eigenvalue weighted by Gasteiger charge is -2.26. The highest BCUT2D eigenvalue weighted by molar-refractivity contribution is 7.96. The molecule has 0 aliphatic rings. The minimum absolute atomic E-state index is 0.00112. The van der Waals surface area contributed by atoms with E-state index >= 15 is 0 Å². The molecule has 0 fully saturated rings. The van der Waals surface area contributed by atoms with Crippen LogP contribution in [-0.4, -0.2) is 75.5 Å². The fourth-order valence-electron chi connectivity index (χ4n) is 6.01. The van der Waals surface area contributed by atoms with Gasteiger partial charge in [0.05, 0.1) is 50.5 Å². The van der Waals surface area contributed by atoms with Crippen molar-refractivity contribution >= 4 is 67.7 Å². The molecule has 2 amide bonds. The third kappa shape index (κ3) is 15.4. The van der Waals surface area contributed by atoms with E-state index in [-0.39, 0.29) is 32.7 Å². The van der Waals surface area contributed by atoms with Crippen LogP contribution in [0.4, 0.5) is 0 Å². The van der Waals surface area contributed by atoms with E-state index in [4.69, 9.17) is 25.8 Å². The normalized spacial score (nSPS) is 13.8. The molecule has 0 radical (unpaired) electrons. The molecule has 308 valence electrons. The summed E-state index contributed by atoms with van der Waals surface area (Å²) in [6.45, 7) is 6.67. The van der Waals surface area contributed by atoms with Crippen molar-refractivity contribution in [2.45, 2.75) is 78.5 Å². The van der Waals surface area contributed by atoms with Gasteiger partial charge in [-0.1, -0.05) is 98.2 Å². The van der Waals surface area contributed by atoms with Crippen molar-refractivity contribution in [2.75, 3.05) is 19.5 Å². The first kappa shape index (κ1) is 46.3. The summed E-state index contributed by atoms with van der Waals surface area (Å²) in [6.07, 6.45) is 0.160. The molecule has 0 saturated carbocycles. The molecule has 3 rings (SSSR count). The Hall–Kier alpha value is -5.08. The maximum absolute atomic E-state index is 14.4. The summed E-state index contributed by atoms with van der Waals surface area (Å²) in [6, 6.07) is 19.5. The zero-order valence-corrected chi connectivity index (χ0v) is 34.4. The van der Waals surface area contributed by atoms with Crippen LogP contribution in [0, 0.1) is 17.8 Å². The highest BCUT2D eigenvalue weighted by Crippen LogP contribution is 2.24. The minimum Gasteiger partial charge on any atom is -0.466 e. The Balaban J connectivity index is 1.94. The number of carbonyl (C=O) groups excluding carboxylic acids is 6. The topological polar surface area (TPSA) is 188 Å². The predicted octanol–water partition coefficient (Wildman–Crippen LogP) is 5.36. The third-order valence-corrected chi connectivity index (χ3v) is 10.8. The Morgan fingerprint density at radius 3 is 1.91 bits per heavy atom. The molecule has 2 N–H and O–H groups in total. The Morgan fingerprint density at radius 2 is 1.30 bits per heavy atom. The molecule has 0 aromatic heterocycles. The van der Waals surface area contributed by atoms with Crippen LogP contribution in [-0.2, 0) is 65.8 Å². The SMILES string of the molecule is CCOC(=O)C[C@H](CC(=O)OCc1ccccc1)C(=O)N[C@@H](Cc1cccc2ccccc12)C(=O)C[C@H](C(=O)N[C@H](/C=C(\Cl)S(C)(=O)=O)CC(=O)OCC)C(C)C.